The molecule has 15 heavy (non-hydrogen) atoms. The lowest BCUT2D eigenvalue weighted by molar-refractivity contribution is 0.229. The van der Waals surface area contributed by atoms with Gasteiger partial charge in [0, 0.05) is 19.7 Å². The molecule has 0 aliphatic heterocycles. The van der Waals surface area contributed by atoms with E-state index in [1.54, 1.807) is 0 Å². The van der Waals surface area contributed by atoms with E-state index in [1.807, 2.05) is 0 Å². The molecule has 1 fully saturated rings. The van der Waals surface area contributed by atoms with Crippen LogP contribution in [-0.2, 0) is 0 Å². The monoisotopic (exact) mass is 214 g/mol. The van der Waals surface area contributed by atoms with Crippen LogP contribution in [0.2, 0.25) is 0 Å². The number of carbonyl (C=O) groups excluding carboxylic acids is 1. The molecule has 1 saturated carbocycles. The summed E-state index contributed by atoms with van der Waals surface area (Å²) in [6.07, 6.45) is 5.60. The highest BCUT2D eigenvalue weighted by molar-refractivity contribution is 5.73. The van der Waals surface area contributed by atoms with Crippen molar-refractivity contribution in [3.05, 3.63) is 0 Å². The van der Waals surface area contributed by atoms with E-state index in [0.717, 1.165) is 6.54 Å². The van der Waals surface area contributed by atoms with Crippen molar-refractivity contribution in [2.45, 2.75) is 39.0 Å². The molecule has 0 aromatic heterocycles. The SMILES string of the molecule is CC1(CNC(=O)NCCCO)CCCC1. The molecule has 0 aromatic carbocycles. The van der Waals surface area contributed by atoms with Crippen LogP contribution in [0.25, 0.3) is 0 Å². The second kappa shape index (κ2) is 5.95. The molecule has 1 aliphatic carbocycles. The van der Waals surface area contributed by atoms with Crippen molar-refractivity contribution < 1.29 is 9.90 Å². The zero-order valence-electron chi connectivity index (χ0n) is 9.51. The third-order valence-corrected chi connectivity index (χ3v) is 3.11. The van der Waals surface area contributed by atoms with Gasteiger partial charge in [0.1, 0.15) is 0 Å². The van der Waals surface area contributed by atoms with E-state index in [0.29, 0.717) is 18.4 Å². The van der Waals surface area contributed by atoms with Gasteiger partial charge >= 0.3 is 6.03 Å². The Morgan fingerprint density at radius 1 is 1.33 bits per heavy atom. The largest absolute Gasteiger partial charge is 0.396 e. The Hall–Kier alpha value is -0.770. The lowest BCUT2D eigenvalue weighted by atomic mass is 9.89. The van der Waals surface area contributed by atoms with Gasteiger partial charge in [-0.25, -0.2) is 4.79 Å². The van der Waals surface area contributed by atoms with Crippen molar-refractivity contribution in [2.75, 3.05) is 19.7 Å². The standard InChI is InChI=1S/C11H22N2O2/c1-11(5-2-3-6-11)9-13-10(15)12-7-4-8-14/h14H,2-9H2,1H3,(H2,12,13,15). The molecular weight excluding hydrogens is 192 g/mol. The zero-order chi connectivity index (χ0) is 11.1. The van der Waals surface area contributed by atoms with E-state index >= 15 is 0 Å². The number of aliphatic hydroxyl groups excluding tert-OH is 1. The van der Waals surface area contributed by atoms with Crippen LogP contribution >= 0.6 is 0 Å². The highest BCUT2D eigenvalue weighted by Gasteiger charge is 2.28. The van der Waals surface area contributed by atoms with Gasteiger partial charge in [0.2, 0.25) is 0 Å². The molecule has 88 valence electrons. The van der Waals surface area contributed by atoms with E-state index in [2.05, 4.69) is 17.6 Å². The third kappa shape index (κ3) is 4.51. The van der Waals surface area contributed by atoms with E-state index in [-0.39, 0.29) is 12.6 Å². The van der Waals surface area contributed by atoms with Crippen molar-refractivity contribution in [1.29, 1.82) is 0 Å². The van der Waals surface area contributed by atoms with E-state index in [4.69, 9.17) is 5.11 Å². The maximum Gasteiger partial charge on any atom is 0.314 e. The van der Waals surface area contributed by atoms with Gasteiger partial charge in [0.25, 0.3) is 0 Å². The summed E-state index contributed by atoms with van der Waals surface area (Å²) in [5.74, 6) is 0. The highest BCUT2D eigenvalue weighted by Crippen LogP contribution is 2.36. The molecule has 1 aliphatic rings. The second-order valence-electron chi connectivity index (χ2n) is 4.70. The molecule has 0 spiro atoms. The summed E-state index contributed by atoms with van der Waals surface area (Å²) in [6, 6.07) is -0.114. The molecular formula is C11H22N2O2. The van der Waals surface area contributed by atoms with Crippen molar-refractivity contribution in [3.63, 3.8) is 0 Å². The number of hydrogen-bond donors (Lipinski definition) is 3. The fourth-order valence-electron chi connectivity index (χ4n) is 2.04. The van der Waals surface area contributed by atoms with Gasteiger partial charge < -0.3 is 15.7 Å². The number of nitrogens with one attached hydrogen (secondary N) is 2. The van der Waals surface area contributed by atoms with Crippen LogP contribution in [0.15, 0.2) is 0 Å². The van der Waals surface area contributed by atoms with Gasteiger partial charge in [-0.3, -0.25) is 0 Å². The lowest BCUT2D eigenvalue weighted by Crippen LogP contribution is -2.41. The quantitative estimate of drug-likeness (QED) is 0.603. The fourth-order valence-corrected chi connectivity index (χ4v) is 2.04. The Bertz CT molecular complexity index is 201. The Balaban J connectivity index is 2.10. The Kier molecular flexibility index (Phi) is 4.88. The van der Waals surface area contributed by atoms with Gasteiger partial charge in [-0.2, -0.15) is 0 Å². The first-order chi connectivity index (χ1) is 7.16. The lowest BCUT2D eigenvalue weighted by Gasteiger charge is -2.23. The third-order valence-electron chi connectivity index (χ3n) is 3.11. The smallest absolute Gasteiger partial charge is 0.314 e. The molecule has 4 nitrogen and oxygen atoms in total. The molecule has 0 aromatic rings. The van der Waals surface area contributed by atoms with E-state index in [9.17, 15) is 4.79 Å². The number of urea groups is 1. The van der Waals surface area contributed by atoms with Gasteiger partial charge in [0.05, 0.1) is 0 Å². The molecule has 0 saturated heterocycles. The van der Waals surface area contributed by atoms with Gasteiger partial charge in [-0.15, -0.1) is 0 Å². The average molecular weight is 214 g/mol. The van der Waals surface area contributed by atoms with E-state index in [1.165, 1.54) is 25.7 Å². The number of aliphatic hydroxyl groups is 1. The first-order valence-corrected chi connectivity index (χ1v) is 5.79. The molecule has 2 amide bonds. The second-order valence-corrected chi connectivity index (χ2v) is 4.70. The van der Waals surface area contributed by atoms with Crippen LogP contribution in [0.5, 0.6) is 0 Å². The van der Waals surface area contributed by atoms with Crippen LogP contribution in [0.4, 0.5) is 4.79 Å². The van der Waals surface area contributed by atoms with Crippen LogP contribution in [-0.4, -0.2) is 30.8 Å². The molecule has 0 atom stereocenters. The minimum absolute atomic E-state index is 0.114. The predicted octanol–water partition coefficient (Wildman–Crippen LogP) is 1.25. The Morgan fingerprint density at radius 2 is 2.00 bits per heavy atom. The Morgan fingerprint density at radius 3 is 2.60 bits per heavy atom. The van der Waals surface area contributed by atoms with Crippen molar-refractivity contribution >= 4 is 6.03 Å². The summed E-state index contributed by atoms with van der Waals surface area (Å²) in [7, 11) is 0. The topological polar surface area (TPSA) is 61.4 Å². The summed E-state index contributed by atoms with van der Waals surface area (Å²) in [5, 5.41) is 14.2. The van der Waals surface area contributed by atoms with Crippen molar-refractivity contribution in [3.8, 4) is 0 Å². The molecule has 0 heterocycles. The number of carbonyl (C=O) groups is 1. The average Bonchev–Trinajstić information content (AvgIpc) is 2.64. The van der Waals surface area contributed by atoms with Gasteiger partial charge in [-0.05, 0) is 24.7 Å². The summed E-state index contributed by atoms with van der Waals surface area (Å²) >= 11 is 0. The number of amides is 2. The molecule has 0 bridgehead atoms. The maximum absolute atomic E-state index is 11.3. The fraction of sp³-hybridized carbons (Fsp3) is 0.909. The van der Waals surface area contributed by atoms with Crippen LogP contribution in [0, 0.1) is 5.41 Å². The summed E-state index contributed by atoms with van der Waals surface area (Å²) in [5.41, 5.74) is 0.300. The maximum atomic E-state index is 11.3. The first-order valence-electron chi connectivity index (χ1n) is 5.79. The van der Waals surface area contributed by atoms with E-state index < -0.39 is 0 Å². The summed E-state index contributed by atoms with van der Waals surface area (Å²) in [4.78, 5) is 11.3. The van der Waals surface area contributed by atoms with Crippen molar-refractivity contribution in [1.82, 2.24) is 10.6 Å². The van der Waals surface area contributed by atoms with Crippen LogP contribution in [0.3, 0.4) is 0 Å². The van der Waals surface area contributed by atoms with Crippen LogP contribution in [0.1, 0.15) is 39.0 Å². The normalized spacial score (nSPS) is 18.8. The number of hydrogen-bond acceptors (Lipinski definition) is 2. The molecule has 0 radical (unpaired) electrons. The minimum Gasteiger partial charge on any atom is -0.396 e. The highest BCUT2D eigenvalue weighted by atomic mass is 16.3. The molecule has 3 N–H and O–H groups in total. The minimum atomic E-state index is -0.114. The number of rotatable bonds is 5. The summed E-state index contributed by atoms with van der Waals surface area (Å²) < 4.78 is 0. The Labute approximate surface area is 91.4 Å². The molecule has 0 unspecified atom stereocenters. The molecule has 4 heteroatoms. The van der Waals surface area contributed by atoms with Gasteiger partial charge in [0.15, 0.2) is 0 Å². The first kappa shape index (κ1) is 12.3. The molecule has 1 rings (SSSR count). The predicted molar refractivity (Wildman–Crippen MR) is 59.7 cm³/mol. The zero-order valence-corrected chi connectivity index (χ0v) is 9.51. The van der Waals surface area contributed by atoms with Crippen LogP contribution < -0.4 is 10.6 Å². The summed E-state index contributed by atoms with van der Waals surface area (Å²) in [6.45, 7) is 3.66. The van der Waals surface area contributed by atoms with Gasteiger partial charge in [-0.1, -0.05) is 19.8 Å². The van der Waals surface area contributed by atoms with Crippen molar-refractivity contribution in [2.24, 2.45) is 5.41 Å².